The van der Waals surface area contributed by atoms with Crippen LogP contribution >= 0.6 is 0 Å². The molecule has 0 aliphatic rings. The van der Waals surface area contributed by atoms with Gasteiger partial charge in [-0.1, -0.05) is 30.3 Å². The Balaban J connectivity index is 1.58. The molecule has 1 aromatic heterocycles. The summed E-state index contributed by atoms with van der Waals surface area (Å²) in [5.41, 5.74) is 1.45. The van der Waals surface area contributed by atoms with Crippen LogP contribution in [0.1, 0.15) is 27.0 Å². The topological polar surface area (TPSA) is 46.9 Å². The molecule has 0 unspecified atom stereocenters. The predicted octanol–water partition coefficient (Wildman–Crippen LogP) is 3.92. The Morgan fingerprint density at radius 2 is 1.78 bits per heavy atom. The van der Waals surface area contributed by atoms with Gasteiger partial charge in [0.15, 0.2) is 0 Å². The van der Waals surface area contributed by atoms with Gasteiger partial charge in [0.25, 0.3) is 5.91 Å². The van der Waals surface area contributed by atoms with E-state index in [-0.39, 0.29) is 5.91 Å². The fourth-order valence-corrected chi connectivity index (χ4v) is 2.72. The van der Waals surface area contributed by atoms with Crippen LogP contribution in [0.4, 0.5) is 13.2 Å². The zero-order chi connectivity index (χ0) is 19.3. The molecule has 0 radical (unpaired) electrons. The van der Waals surface area contributed by atoms with Crippen molar-refractivity contribution < 1.29 is 18.0 Å². The van der Waals surface area contributed by atoms with Crippen molar-refractivity contribution in [3.05, 3.63) is 89.2 Å². The van der Waals surface area contributed by atoms with Crippen LogP contribution in [0.3, 0.4) is 0 Å². The number of nitrogens with one attached hydrogen (secondary N) is 1. The molecule has 27 heavy (non-hydrogen) atoms. The van der Waals surface area contributed by atoms with Crippen LogP contribution in [-0.2, 0) is 19.1 Å². The summed E-state index contributed by atoms with van der Waals surface area (Å²) in [6.07, 6.45) is -0.401. The molecule has 0 saturated heterocycles. The first-order valence-corrected chi connectivity index (χ1v) is 8.43. The van der Waals surface area contributed by atoms with Crippen LogP contribution in [0.5, 0.6) is 0 Å². The number of hydrogen-bond acceptors (Lipinski definition) is 2. The molecule has 3 rings (SSSR count). The summed E-state index contributed by atoms with van der Waals surface area (Å²) in [6, 6.07) is 14.0. The number of alkyl halides is 3. The molecule has 7 heteroatoms. The first-order valence-electron chi connectivity index (χ1n) is 8.43. The Morgan fingerprint density at radius 3 is 2.44 bits per heavy atom. The summed E-state index contributed by atoms with van der Waals surface area (Å²) in [5.74, 6) is -0.218. The Bertz CT molecular complexity index is 888. The van der Waals surface area contributed by atoms with Gasteiger partial charge in [-0.25, -0.2) is 0 Å². The molecule has 0 bridgehead atoms. The van der Waals surface area contributed by atoms with Gasteiger partial charge in [-0.3, -0.25) is 9.48 Å². The van der Waals surface area contributed by atoms with Crippen molar-refractivity contribution in [3.63, 3.8) is 0 Å². The van der Waals surface area contributed by atoms with E-state index in [2.05, 4.69) is 10.4 Å². The SMILES string of the molecule is O=C(NCCc1ccc(C(F)(F)F)cc1)c1ccccc1Cn1cccn1. The summed E-state index contributed by atoms with van der Waals surface area (Å²) < 4.78 is 39.5. The molecule has 140 valence electrons. The number of rotatable bonds is 6. The third-order valence-corrected chi connectivity index (χ3v) is 4.13. The van der Waals surface area contributed by atoms with E-state index in [1.165, 1.54) is 12.1 Å². The van der Waals surface area contributed by atoms with Gasteiger partial charge in [0.05, 0.1) is 12.1 Å². The van der Waals surface area contributed by atoms with E-state index in [0.29, 0.717) is 25.1 Å². The van der Waals surface area contributed by atoms with Crippen LogP contribution in [0, 0.1) is 0 Å². The zero-order valence-electron chi connectivity index (χ0n) is 14.4. The summed E-state index contributed by atoms with van der Waals surface area (Å²) in [5, 5.41) is 6.96. The second kappa shape index (κ2) is 8.07. The molecule has 0 spiro atoms. The predicted molar refractivity (Wildman–Crippen MR) is 95.3 cm³/mol. The molecule has 0 atom stereocenters. The van der Waals surface area contributed by atoms with E-state index < -0.39 is 11.7 Å². The van der Waals surface area contributed by atoms with E-state index in [4.69, 9.17) is 0 Å². The molecule has 0 fully saturated rings. The zero-order valence-corrected chi connectivity index (χ0v) is 14.4. The number of carbonyl (C=O) groups excluding carboxylic acids is 1. The first-order chi connectivity index (χ1) is 12.9. The van der Waals surface area contributed by atoms with Crippen LogP contribution < -0.4 is 5.32 Å². The molecule has 0 saturated carbocycles. The minimum atomic E-state index is -4.34. The second-order valence-corrected chi connectivity index (χ2v) is 6.06. The minimum Gasteiger partial charge on any atom is -0.352 e. The number of carbonyl (C=O) groups is 1. The fraction of sp³-hybridized carbons (Fsp3) is 0.200. The molecule has 2 aromatic carbocycles. The number of halogens is 3. The molecular weight excluding hydrogens is 355 g/mol. The molecule has 3 aromatic rings. The van der Waals surface area contributed by atoms with Crippen LogP contribution in [0.25, 0.3) is 0 Å². The molecule has 0 aliphatic carbocycles. The molecule has 1 heterocycles. The summed E-state index contributed by atoms with van der Waals surface area (Å²) >= 11 is 0. The smallest absolute Gasteiger partial charge is 0.352 e. The molecule has 4 nitrogen and oxygen atoms in total. The van der Waals surface area contributed by atoms with Crippen molar-refractivity contribution in [3.8, 4) is 0 Å². The van der Waals surface area contributed by atoms with Gasteiger partial charge in [-0.05, 0) is 41.8 Å². The number of amides is 1. The van der Waals surface area contributed by atoms with E-state index in [0.717, 1.165) is 23.3 Å². The molecular formula is C20H18F3N3O. The van der Waals surface area contributed by atoms with E-state index in [1.54, 1.807) is 23.0 Å². The standard InChI is InChI=1S/C20H18F3N3O/c21-20(22,23)17-8-6-15(7-9-17)10-12-24-19(27)18-5-2-1-4-16(18)14-26-13-3-11-25-26/h1-9,11,13H,10,12,14H2,(H,24,27). The van der Waals surface area contributed by atoms with Crippen molar-refractivity contribution in [2.24, 2.45) is 0 Å². The highest BCUT2D eigenvalue weighted by Crippen LogP contribution is 2.29. The lowest BCUT2D eigenvalue weighted by atomic mass is 10.1. The van der Waals surface area contributed by atoms with Gasteiger partial charge >= 0.3 is 6.18 Å². The van der Waals surface area contributed by atoms with E-state index >= 15 is 0 Å². The Hall–Kier alpha value is -3.09. The minimum absolute atomic E-state index is 0.218. The van der Waals surface area contributed by atoms with Gasteiger partial charge in [0.2, 0.25) is 0 Å². The highest BCUT2D eigenvalue weighted by atomic mass is 19.4. The van der Waals surface area contributed by atoms with Crippen LogP contribution in [0.2, 0.25) is 0 Å². The first kappa shape index (κ1) is 18.7. The Labute approximate surface area is 154 Å². The third kappa shape index (κ3) is 4.97. The number of benzene rings is 2. The molecule has 1 amide bonds. The normalized spacial score (nSPS) is 11.4. The van der Waals surface area contributed by atoms with Gasteiger partial charge in [0, 0.05) is 24.5 Å². The number of hydrogen-bond donors (Lipinski definition) is 1. The molecule has 1 N–H and O–H groups in total. The summed E-state index contributed by atoms with van der Waals surface area (Å²) in [7, 11) is 0. The van der Waals surface area contributed by atoms with Gasteiger partial charge in [0.1, 0.15) is 0 Å². The van der Waals surface area contributed by atoms with Crippen molar-refractivity contribution >= 4 is 5.91 Å². The average Bonchev–Trinajstić information content (AvgIpc) is 3.15. The van der Waals surface area contributed by atoms with E-state index in [9.17, 15) is 18.0 Å². The third-order valence-electron chi connectivity index (χ3n) is 4.13. The largest absolute Gasteiger partial charge is 0.416 e. The van der Waals surface area contributed by atoms with Crippen molar-refractivity contribution in [1.82, 2.24) is 15.1 Å². The van der Waals surface area contributed by atoms with Gasteiger partial charge in [-0.15, -0.1) is 0 Å². The summed E-state index contributed by atoms with van der Waals surface area (Å²) in [4.78, 5) is 12.5. The monoisotopic (exact) mass is 373 g/mol. The number of nitrogens with zero attached hydrogens (tertiary/aromatic N) is 2. The maximum Gasteiger partial charge on any atom is 0.416 e. The van der Waals surface area contributed by atoms with Crippen molar-refractivity contribution in [2.75, 3.05) is 6.54 Å². The lowest BCUT2D eigenvalue weighted by Crippen LogP contribution is -2.27. The Kier molecular flexibility index (Phi) is 5.59. The quantitative estimate of drug-likeness (QED) is 0.712. The van der Waals surface area contributed by atoms with Crippen molar-refractivity contribution in [2.45, 2.75) is 19.1 Å². The van der Waals surface area contributed by atoms with Gasteiger partial charge in [-0.2, -0.15) is 18.3 Å². The lowest BCUT2D eigenvalue weighted by Gasteiger charge is -2.11. The van der Waals surface area contributed by atoms with Crippen LogP contribution in [0.15, 0.2) is 67.0 Å². The fourth-order valence-electron chi connectivity index (χ4n) is 2.72. The highest BCUT2D eigenvalue weighted by Gasteiger charge is 2.29. The van der Waals surface area contributed by atoms with Crippen molar-refractivity contribution in [1.29, 1.82) is 0 Å². The van der Waals surface area contributed by atoms with E-state index in [1.807, 2.05) is 24.4 Å². The highest BCUT2D eigenvalue weighted by molar-refractivity contribution is 5.95. The summed E-state index contributed by atoms with van der Waals surface area (Å²) in [6.45, 7) is 0.815. The second-order valence-electron chi connectivity index (χ2n) is 6.06. The lowest BCUT2D eigenvalue weighted by molar-refractivity contribution is -0.137. The average molecular weight is 373 g/mol. The van der Waals surface area contributed by atoms with Crippen LogP contribution in [-0.4, -0.2) is 22.2 Å². The van der Waals surface area contributed by atoms with Gasteiger partial charge < -0.3 is 5.32 Å². The Morgan fingerprint density at radius 1 is 1.04 bits per heavy atom. The maximum atomic E-state index is 12.6. The molecule has 0 aliphatic heterocycles. The maximum absolute atomic E-state index is 12.6. The number of aromatic nitrogens is 2.